The number of ether oxygens (including phenoxy) is 1. The van der Waals surface area contributed by atoms with Gasteiger partial charge in [0.05, 0.1) is 5.69 Å². The predicted octanol–water partition coefficient (Wildman–Crippen LogP) is 1.48. The van der Waals surface area contributed by atoms with Gasteiger partial charge >= 0.3 is 0 Å². The minimum atomic E-state index is 0.480. The number of nitrogens with one attached hydrogen (secondary N) is 1. The van der Waals surface area contributed by atoms with E-state index in [4.69, 9.17) is 4.74 Å². The van der Waals surface area contributed by atoms with E-state index in [2.05, 4.69) is 20.3 Å². The Hall–Kier alpha value is -1.69. The monoisotopic (exact) mass is 263 g/mol. The van der Waals surface area contributed by atoms with Gasteiger partial charge in [0.15, 0.2) is 5.82 Å². The third-order valence-electron chi connectivity index (χ3n) is 3.21. The van der Waals surface area contributed by atoms with E-state index < -0.39 is 0 Å². The summed E-state index contributed by atoms with van der Waals surface area (Å²) in [6.07, 6.45) is 1.78. The second kappa shape index (κ2) is 5.97. The molecule has 2 aromatic heterocycles. The molecular formula is C13H21N5O. The minimum absolute atomic E-state index is 0.480. The van der Waals surface area contributed by atoms with Gasteiger partial charge in [-0.15, -0.1) is 0 Å². The Bertz CT molecular complexity index is 524. The van der Waals surface area contributed by atoms with Crippen LogP contribution in [0.15, 0.2) is 0 Å². The molecule has 0 saturated carbocycles. The molecule has 0 atom stereocenters. The van der Waals surface area contributed by atoms with Gasteiger partial charge in [0.25, 0.3) is 0 Å². The summed E-state index contributed by atoms with van der Waals surface area (Å²) in [5.41, 5.74) is 3.47. The maximum Gasteiger partial charge on any atom is 0.176 e. The van der Waals surface area contributed by atoms with Gasteiger partial charge in [-0.2, -0.15) is 10.2 Å². The van der Waals surface area contributed by atoms with Crippen molar-refractivity contribution >= 4 is 0 Å². The van der Waals surface area contributed by atoms with Gasteiger partial charge in [0.1, 0.15) is 12.4 Å². The standard InChI is InChI=1S/C13H21N5O/c1-5-19-8-12-14-13(18(4)17-12)7-6-11-9(2)15-16-10(11)3/h5-8H2,1-4H3,(H,15,16). The molecule has 0 unspecified atom stereocenters. The summed E-state index contributed by atoms with van der Waals surface area (Å²) >= 11 is 0. The van der Waals surface area contributed by atoms with Crippen LogP contribution in [-0.4, -0.2) is 31.6 Å². The van der Waals surface area contributed by atoms with Gasteiger partial charge in [0.2, 0.25) is 0 Å². The molecule has 2 aromatic rings. The van der Waals surface area contributed by atoms with Gasteiger partial charge < -0.3 is 4.74 Å². The Morgan fingerprint density at radius 1 is 1.26 bits per heavy atom. The lowest BCUT2D eigenvalue weighted by atomic mass is 10.1. The lowest BCUT2D eigenvalue weighted by Crippen LogP contribution is -2.02. The molecule has 1 N–H and O–H groups in total. The molecule has 0 spiro atoms. The molecule has 0 aliphatic heterocycles. The number of aromatic amines is 1. The summed E-state index contributed by atoms with van der Waals surface area (Å²) in [6, 6.07) is 0. The van der Waals surface area contributed by atoms with E-state index >= 15 is 0 Å². The van der Waals surface area contributed by atoms with Gasteiger partial charge in [-0.25, -0.2) is 4.98 Å². The van der Waals surface area contributed by atoms with Crippen LogP contribution in [0.1, 0.15) is 35.5 Å². The molecule has 6 nitrogen and oxygen atoms in total. The topological polar surface area (TPSA) is 68.6 Å². The first kappa shape index (κ1) is 13.7. The van der Waals surface area contributed by atoms with Gasteiger partial charge in [-0.05, 0) is 32.8 Å². The maximum atomic E-state index is 5.32. The number of nitrogens with zero attached hydrogens (tertiary/aromatic N) is 4. The van der Waals surface area contributed by atoms with Crippen LogP contribution in [0.25, 0.3) is 0 Å². The fraction of sp³-hybridized carbons (Fsp3) is 0.615. The molecular weight excluding hydrogens is 242 g/mol. The van der Waals surface area contributed by atoms with Crippen molar-refractivity contribution < 1.29 is 4.74 Å². The molecule has 2 heterocycles. The SMILES string of the molecule is CCOCc1nc(CCc2c(C)n[nH]c2C)n(C)n1. The minimum Gasteiger partial charge on any atom is -0.374 e. The molecule has 104 valence electrons. The largest absolute Gasteiger partial charge is 0.374 e. The van der Waals surface area contributed by atoms with Gasteiger partial charge in [0, 0.05) is 25.8 Å². The lowest BCUT2D eigenvalue weighted by molar-refractivity contribution is 0.128. The van der Waals surface area contributed by atoms with Crippen LogP contribution in [-0.2, 0) is 31.2 Å². The third-order valence-corrected chi connectivity index (χ3v) is 3.21. The van der Waals surface area contributed by atoms with E-state index in [0.29, 0.717) is 13.2 Å². The van der Waals surface area contributed by atoms with Crippen LogP contribution in [0.2, 0.25) is 0 Å². The second-order valence-electron chi connectivity index (χ2n) is 4.62. The number of rotatable bonds is 6. The zero-order valence-corrected chi connectivity index (χ0v) is 12.0. The van der Waals surface area contributed by atoms with E-state index in [1.165, 1.54) is 5.56 Å². The summed E-state index contributed by atoms with van der Waals surface area (Å²) in [4.78, 5) is 4.50. The summed E-state index contributed by atoms with van der Waals surface area (Å²) in [6.45, 7) is 7.20. The van der Waals surface area contributed by atoms with Crippen molar-refractivity contribution in [2.45, 2.75) is 40.2 Å². The number of aryl methyl sites for hydroxylation is 4. The van der Waals surface area contributed by atoms with E-state index in [9.17, 15) is 0 Å². The van der Waals surface area contributed by atoms with Crippen molar-refractivity contribution in [2.24, 2.45) is 7.05 Å². The van der Waals surface area contributed by atoms with Gasteiger partial charge in [-0.1, -0.05) is 0 Å². The first-order valence-electron chi connectivity index (χ1n) is 6.58. The Labute approximate surface area is 113 Å². The number of H-pyrrole nitrogens is 1. The summed E-state index contributed by atoms with van der Waals surface area (Å²) in [5.74, 6) is 1.73. The zero-order chi connectivity index (χ0) is 13.8. The molecule has 0 aromatic carbocycles. The fourth-order valence-corrected chi connectivity index (χ4v) is 2.13. The quantitative estimate of drug-likeness (QED) is 0.857. The highest BCUT2D eigenvalue weighted by Gasteiger charge is 2.11. The Kier molecular flexibility index (Phi) is 4.31. The molecule has 6 heteroatoms. The third kappa shape index (κ3) is 3.20. The van der Waals surface area contributed by atoms with E-state index in [0.717, 1.165) is 35.9 Å². The van der Waals surface area contributed by atoms with Crippen molar-refractivity contribution in [1.82, 2.24) is 25.0 Å². The number of hydrogen-bond donors (Lipinski definition) is 1. The molecule has 0 saturated heterocycles. The molecule has 2 rings (SSSR count). The highest BCUT2D eigenvalue weighted by atomic mass is 16.5. The maximum absolute atomic E-state index is 5.32. The molecule has 0 bridgehead atoms. The van der Waals surface area contributed by atoms with Crippen LogP contribution in [0, 0.1) is 13.8 Å². The fourth-order valence-electron chi connectivity index (χ4n) is 2.13. The average molecular weight is 263 g/mol. The zero-order valence-electron chi connectivity index (χ0n) is 12.0. The van der Waals surface area contributed by atoms with E-state index in [-0.39, 0.29) is 0 Å². The second-order valence-corrected chi connectivity index (χ2v) is 4.62. The van der Waals surface area contributed by atoms with E-state index in [1.807, 2.05) is 32.5 Å². The van der Waals surface area contributed by atoms with Crippen molar-refractivity contribution in [1.29, 1.82) is 0 Å². The van der Waals surface area contributed by atoms with Crippen LogP contribution in [0.4, 0.5) is 0 Å². The summed E-state index contributed by atoms with van der Waals surface area (Å²) in [7, 11) is 1.92. The van der Waals surface area contributed by atoms with Gasteiger partial charge in [-0.3, -0.25) is 9.78 Å². The number of aromatic nitrogens is 5. The highest BCUT2D eigenvalue weighted by molar-refractivity contribution is 5.23. The lowest BCUT2D eigenvalue weighted by Gasteiger charge is -2.01. The van der Waals surface area contributed by atoms with Crippen LogP contribution in [0.3, 0.4) is 0 Å². The van der Waals surface area contributed by atoms with Crippen molar-refractivity contribution in [3.05, 3.63) is 28.6 Å². The Balaban J connectivity index is 2.01. The van der Waals surface area contributed by atoms with Crippen molar-refractivity contribution in [2.75, 3.05) is 6.61 Å². The van der Waals surface area contributed by atoms with Crippen LogP contribution < -0.4 is 0 Å². The molecule has 0 fully saturated rings. The van der Waals surface area contributed by atoms with Crippen LogP contribution in [0.5, 0.6) is 0 Å². The average Bonchev–Trinajstić information content (AvgIpc) is 2.89. The highest BCUT2D eigenvalue weighted by Crippen LogP contribution is 2.12. The predicted molar refractivity (Wildman–Crippen MR) is 71.8 cm³/mol. The summed E-state index contributed by atoms with van der Waals surface area (Å²) < 4.78 is 7.16. The first-order chi connectivity index (χ1) is 9.11. The number of hydrogen-bond acceptors (Lipinski definition) is 4. The van der Waals surface area contributed by atoms with Crippen LogP contribution >= 0.6 is 0 Å². The summed E-state index contributed by atoms with van der Waals surface area (Å²) in [5, 5.41) is 11.6. The first-order valence-corrected chi connectivity index (χ1v) is 6.58. The van der Waals surface area contributed by atoms with Crippen molar-refractivity contribution in [3.8, 4) is 0 Å². The molecule has 0 aliphatic rings. The normalized spacial score (nSPS) is 11.2. The smallest absolute Gasteiger partial charge is 0.176 e. The Morgan fingerprint density at radius 3 is 2.68 bits per heavy atom. The Morgan fingerprint density at radius 2 is 2.05 bits per heavy atom. The molecule has 0 aliphatic carbocycles. The molecule has 0 radical (unpaired) electrons. The molecule has 19 heavy (non-hydrogen) atoms. The molecule has 0 amide bonds. The van der Waals surface area contributed by atoms with Crippen molar-refractivity contribution in [3.63, 3.8) is 0 Å². The van der Waals surface area contributed by atoms with E-state index in [1.54, 1.807) is 0 Å².